The van der Waals surface area contributed by atoms with Crippen LogP contribution in [0.2, 0.25) is 0 Å². The number of furan rings is 1. The lowest BCUT2D eigenvalue weighted by atomic mass is 9.90. The van der Waals surface area contributed by atoms with Crippen molar-refractivity contribution >= 4 is 87.1 Å². The second-order valence-corrected chi connectivity index (χ2v) is 18.2. The van der Waals surface area contributed by atoms with Crippen LogP contribution in [-0.2, 0) is 0 Å². The standard InChI is InChI=1S/C58H41N3OS/c1-2-13-36(14-3-1)37-25-27-38(28-26-37)49-20-12-21-50(41-29-30-45-44-19-8-11-24-56(44)63-57(45)33-41)60-58(59-49)48-34-47-43-18-7-10-23-54(43)62-55(47)35-53(48)61-51-22-9-6-17-42(51)46-31-39-15-4-5-16-40(39)32-52(46)61/h1-11,13-19,22-35,42,50-51H,12,20-21H2/b59-49+,60-58-. The summed E-state index contributed by atoms with van der Waals surface area (Å²) in [7, 11) is 0. The minimum Gasteiger partial charge on any atom is -0.456 e. The Morgan fingerprint density at radius 3 is 2.17 bits per heavy atom. The summed E-state index contributed by atoms with van der Waals surface area (Å²) in [6.07, 6.45) is 11.8. The van der Waals surface area contributed by atoms with Crippen LogP contribution >= 0.6 is 11.3 Å². The van der Waals surface area contributed by atoms with Crippen LogP contribution in [0.4, 0.5) is 11.4 Å². The first-order valence-corrected chi connectivity index (χ1v) is 22.9. The molecule has 3 atom stereocenters. The molecule has 2 aliphatic heterocycles. The van der Waals surface area contributed by atoms with Gasteiger partial charge in [-0.25, -0.2) is 4.99 Å². The Bertz CT molecular complexity index is 3570. The summed E-state index contributed by atoms with van der Waals surface area (Å²) in [4.78, 5) is 14.1. The molecule has 300 valence electrons. The topological polar surface area (TPSA) is 41.1 Å². The molecule has 1 aliphatic carbocycles. The average Bonchev–Trinajstić information content (AvgIpc) is 3.99. The third-order valence-corrected chi connectivity index (χ3v) is 14.6. The largest absolute Gasteiger partial charge is 0.456 e. The van der Waals surface area contributed by atoms with Crippen molar-refractivity contribution < 1.29 is 4.42 Å². The zero-order valence-electron chi connectivity index (χ0n) is 34.5. The van der Waals surface area contributed by atoms with Gasteiger partial charge in [-0.1, -0.05) is 152 Å². The lowest BCUT2D eigenvalue weighted by Gasteiger charge is -2.31. The number of amidine groups is 1. The van der Waals surface area contributed by atoms with Gasteiger partial charge in [-0.3, -0.25) is 4.99 Å². The smallest absolute Gasteiger partial charge is 0.157 e. The van der Waals surface area contributed by atoms with Gasteiger partial charge in [-0.05, 0) is 94.3 Å². The molecular weight excluding hydrogens is 787 g/mol. The maximum Gasteiger partial charge on any atom is 0.157 e. The average molecular weight is 828 g/mol. The van der Waals surface area contributed by atoms with Gasteiger partial charge in [0, 0.05) is 54.2 Å². The molecular formula is C58H41N3OS. The zero-order valence-corrected chi connectivity index (χ0v) is 35.3. The van der Waals surface area contributed by atoms with E-state index in [0.717, 1.165) is 69.6 Å². The molecule has 0 radical (unpaired) electrons. The molecule has 0 fully saturated rings. The van der Waals surface area contributed by atoms with E-state index in [1.807, 2.05) is 11.3 Å². The number of rotatable bonds is 5. The molecule has 8 aromatic carbocycles. The van der Waals surface area contributed by atoms with E-state index in [2.05, 4.69) is 199 Å². The number of para-hydroxylation sites is 1. The first-order valence-electron chi connectivity index (χ1n) is 22.1. The highest BCUT2D eigenvalue weighted by Crippen LogP contribution is 2.51. The van der Waals surface area contributed by atoms with Crippen molar-refractivity contribution in [3.63, 3.8) is 0 Å². The predicted octanol–water partition coefficient (Wildman–Crippen LogP) is 15.7. The van der Waals surface area contributed by atoms with Gasteiger partial charge in [0.1, 0.15) is 11.2 Å². The van der Waals surface area contributed by atoms with Crippen LogP contribution in [0.25, 0.3) is 64.0 Å². The third kappa shape index (κ3) is 6.10. The van der Waals surface area contributed by atoms with Gasteiger partial charge in [-0.2, -0.15) is 0 Å². The fraction of sp³-hybridized carbons (Fsp3) is 0.103. The van der Waals surface area contributed by atoms with Crippen LogP contribution in [0.3, 0.4) is 0 Å². The van der Waals surface area contributed by atoms with E-state index in [4.69, 9.17) is 14.4 Å². The summed E-state index contributed by atoms with van der Waals surface area (Å²) >= 11 is 1.87. The van der Waals surface area contributed by atoms with Gasteiger partial charge in [0.05, 0.1) is 23.5 Å². The van der Waals surface area contributed by atoms with E-state index in [9.17, 15) is 0 Å². The highest BCUT2D eigenvalue weighted by Gasteiger charge is 2.39. The van der Waals surface area contributed by atoms with Crippen LogP contribution < -0.4 is 4.90 Å². The van der Waals surface area contributed by atoms with Crippen LogP contribution in [0.15, 0.2) is 209 Å². The molecule has 5 heteroatoms. The molecule has 2 aromatic heterocycles. The molecule has 4 nitrogen and oxygen atoms in total. The van der Waals surface area contributed by atoms with E-state index >= 15 is 0 Å². The predicted molar refractivity (Wildman–Crippen MR) is 265 cm³/mol. The highest BCUT2D eigenvalue weighted by molar-refractivity contribution is 7.25. The molecule has 0 spiro atoms. The Hall–Kier alpha value is -7.34. The summed E-state index contributed by atoms with van der Waals surface area (Å²) in [5.41, 5.74) is 12.1. The zero-order chi connectivity index (χ0) is 41.4. The van der Waals surface area contributed by atoms with Gasteiger partial charge < -0.3 is 9.32 Å². The number of hydrogen-bond acceptors (Lipinski definition) is 5. The summed E-state index contributed by atoms with van der Waals surface area (Å²) in [6.45, 7) is 0. The van der Waals surface area contributed by atoms with Crippen LogP contribution in [0.5, 0.6) is 0 Å². The van der Waals surface area contributed by atoms with Crippen molar-refractivity contribution in [1.82, 2.24) is 0 Å². The maximum absolute atomic E-state index is 6.70. The number of allylic oxidation sites excluding steroid dienone is 2. The van der Waals surface area contributed by atoms with Crippen molar-refractivity contribution in [2.75, 3.05) is 4.90 Å². The highest BCUT2D eigenvalue weighted by atomic mass is 32.1. The second-order valence-electron chi connectivity index (χ2n) is 17.1. The minimum atomic E-state index is -0.0786. The van der Waals surface area contributed by atoms with Crippen molar-refractivity contribution in [2.45, 2.75) is 37.3 Å². The Morgan fingerprint density at radius 2 is 1.29 bits per heavy atom. The van der Waals surface area contributed by atoms with E-state index in [0.29, 0.717) is 0 Å². The summed E-state index contributed by atoms with van der Waals surface area (Å²) in [5.74, 6) is 0.942. The molecule has 4 heterocycles. The Balaban J connectivity index is 1.05. The SMILES string of the molecule is C1=CC2c3cc4ccccc4cc3N(c3cc4oc5ccccc5c4cc3C3=N/C(c4ccc5c(c4)sc4ccccc45)CCC/C(c4ccc(-c5ccccc5)cc4)=N\3)C2C=C1. The number of nitrogens with zero attached hydrogens (tertiary/aromatic N) is 3. The summed E-state index contributed by atoms with van der Waals surface area (Å²) in [6, 6.07) is 61.7. The van der Waals surface area contributed by atoms with Gasteiger partial charge >= 0.3 is 0 Å². The molecule has 0 saturated carbocycles. The number of benzene rings is 8. The lowest BCUT2D eigenvalue weighted by molar-refractivity contribution is 0.622. The van der Waals surface area contributed by atoms with Gasteiger partial charge in [0.15, 0.2) is 5.84 Å². The first kappa shape index (κ1) is 36.3. The van der Waals surface area contributed by atoms with E-state index in [1.54, 1.807) is 0 Å². The van der Waals surface area contributed by atoms with Gasteiger partial charge in [-0.15, -0.1) is 11.3 Å². The number of hydrogen-bond donors (Lipinski definition) is 0. The van der Waals surface area contributed by atoms with E-state index in [-0.39, 0.29) is 18.0 Å². The molecule has 0 N–H and O–H groups in total. The fourth-order valence-corrected chi connectivity index (χ4v) is 11.5. The first-order chi connectivity index (χ1) is 31.2. The molecule has 3 unspecified atom stereocenters. The van der Waals surface area contributed by atoms with E-state index < -0.39 is 0 Å². The van der Waals surface area contributed by atoms with Crippen molar-refractivity contribution in [2.24, 2.45) is 9.98 Å². The molecule has 0 bridgehead atoms. The Morgan fingerprint density at radius 1 is 0.556 bits per heavy atom. The van der Waals surface area contributed by atoms with Gasteiger partial charge in [0.25, 0.3) is 0 Å². The molecule has 13 rings (SSSR count). The van der Waals surface area contributed by atoms with Crippen molar-refractivity contribution in [3.8, 4) is 11.1 Å². The number of anilines is 2. The van der Waals surface area contributed by atoms with Crippen LogP contribution in [-0.4, -0.2) is 17.6 Å². The lowest BCUT2D eigenvalue weighted by Crippen LogP contribution is -2.30. The molecule has 0 amide bonds. The molecule has 63 heavy (non-hydrogen) atoms. The third-order valence-electron chi connectivity index (χ3n) is 13.4. The summed E-state index contributed by atoms with van der Waals surface area (Å²) in [5, 5.41) is 7.24. The Kier molecular flexibility index (Phi) is 8.45. The van der Waals surface area contributed by atoms with Crippen molar-refractivity contribution in [3.05, 3.63) is 216 Å². The number of thiophene rings is 1. The fourth-order valence-electron chi connectivity index (χ4n) is 10.3. The Labute approximate surface area is 369 Å². The maximum atomic E-state index is 6.70. The summed E-state index contributed by atoms with van der Waals surface area (Å²) < 4.78 is 9.31. The number of aliphatic imine (C=N–C) groups is 2. The minimum absolute atomic E-state index is 0.0664. The molecule has 3 aliphatic rings. The molecule has 0 saturated heterocycles. The van der Waals surface area contributed by atoms with Crippen molar-refractivity contribution in [1.29, 1.82) is 0 Å². The second kappa shape index (κ2) is 14.6. The normalized spacial score (nSPS) is 20.1. The van der Waals surface area contributed by atoms with Crippen LogP contribution in [0.1, 0.15) is 53.5 Å². The molecule has 10 aromatic rings. The van der Waals surface area contributed by atoms with E-state index in [1.165, 1.54) is 58.9 Å². The quantitative estimate of drug-likeness (QED) is 0.173. The monoisotopic (exact) mass is 827 g/mol. The van der Waals surface area contributed by atoms with Crippen LogP contribution in [0, 0.1) is 0 Å². The number of fused-ring (bicyclic) bond motifs is 10. The van der Waals surface area contributed by atoms with Gasteiger partial charge in [0.2, 0.25) is 0 Å².